The van der Waals surface area contributed by atoms with Crippen LogP contribution in [0.5, 0.6) is 11.5 Å². The Labute approximate surface area is 130 Å². The van der Waals surface area contributed by atoms with Crippen molar-refractivity contribution in [3.05, 3.63) is 23.8 Å². The zero-order valence-corrected chi connectivity index (χ0v) is 12.9. The van der Waals surface area contributed by atoms with Gasteiger partial charge in [0, 0.05) is 19.6 Å². The van der Waals surface area contributed by atoms with Gasteiger partial charge in [-0.15, -0.1) is 0 Å². The van der Waals surface area contributed by atoms with E-state index >= 15 is 0 Å². The molecule has 2 N–H and O–H groups in total. The molecule has 1 unspecified atom stereocenters. The normalized spacial score (nSPS) is 20.7. The second kappa shape index (κ2) is 6.87. The Morgan fingerprint density at radius 1 is 1.32 bits per heavy atom. The zero-order valence-electron chi connectivity index (χ0n) is 12.9. The van der Waals surface area contributed by atoms with Crippen LogP contribution < -0.4 is 20.1 Å². The summed E-state index contributed by atoms with van der Waals surface area (Å²) in [6.07, 6.45) is 2.40. The molecule has 0 spiro atoms. The largest absolute Gasteiger partial charge is 0.454 e. The fraction of sp³-hybridized carbons (Fsp3) is 0.562. The number of rotatable bonds is 4. The summed E-state index contributed by atoms with van der Waals surface area (Å²) in [7, 11) is 2.13. The number of hydrogen-bond donors (Lipinski definition) is 2. The van der Waals surface area contributed by atoms with E-state index < -0.39 is 0 Å². The Kier molecular flexibility index (Phi) is 4.68. The lowest BCUT2D eigenvalue weighted by Crippen LogP contribution is -2.42. The molecule has 0 saturated carbocycles. The maximum atomic E-state index is 11.9. The number of urea groups is 1. The quantitative estimate of drug-likeness (QED) is 0.886. The van der Waals surface area contributed by atoms with Crippen LogP contribution in [0, 0.1) is 5.92 Å². The second-order valence-corrected chi connectivity index (χ2v) is 6.02. The molecule has 1 fully saturated rings. The van der Waals surface area contributed by atoms with Crippen LogP contribution in [0.1, 0.15) is 18.4 Å². The lowest BCUT2D eigenvalue weighted by Gasteiger charge is -2.29. The highest BCUT2D eigenvalue weighted by atomic mass is 16.7. The van der Waals surface area contributed by atoms with E-state index in [-0.39, 0.29) is 12.8 Å². The minimum absolute atomic E-state index is 0.120. The molecule has 0 radical (unpaired) electrons. The Morgan fingerprint density at radius 2 is 2.18 bits per heavy atom. The highest BCUT2D eigenvalue weighted by Gasteiger charge is 2.17. The molecule has 2 amide bonds. The summed E-state index contributed by atoms with van der Waals surface area (Å²) >= 11 is 0. The highest BCUT2D eigenvalue weighted by molar-refractivity contribution is 5.73. The third-order valence-corrected chi connectivity index (χ3v) is 4.16. The number of hydrogen-bond acceptors (Lipinski definition) is 4. The van der Waals surface area contributed by atoms with Crippen LogP contribution in [0.25, 0.3) is 0 Å². The van der Waals surface area contributed by atoms with E-state index in [9.17, 15) is 4.79 Å². The zero-order chi connectivity index (χ0) is 15.4. The number of carbonyl (C=O) groups is 1. The average Bonchev–Trinajstić information content (AvgIpc) is 2.98. The van der Waals surface area contributed by atoms with Crippen molar-refractivity contribution < 1.29 is 14.3 Å². The number of carbonyl (C=O) groups excluding carboxylic acids is 1. The van der Waals surface area contributed by atoms with Gasteiger partial charge in [-0.25, -0.2) is 4.79 Å². The van der Waals surface area contributed by atoms with Crippen molar-refractivity contribution in [3.63, 3.8) is 0 Å². The smallest absolute Gasteiger partial charge is 0.315 e. The highest BCUT2D eigenvalue weighted by Crippen LogP contribution is 2.32. The Morgan fingerprint density at radius 3 is 3.05 bits per heavy atom. The molecule has 1 aromatic rings. The van der Waals surface area contributed by atoms with Crippen LogP contribution in [0.3, 0.4) is 0 Å². The number of nitrogens with one attached hydrogen (secondary N) is 2. The molecule has 6 nitrogen and oxygen atoms in total. The van der Waals surface area contributed by atoms with Crippen LogP contribution in [0.2, 0.25) is 0 Å². The molecule has 2 heterocycles. The lowest BCUT2D eigenvalue weighted by atomic mass is 9.99. The number of benzene rings is 1. The molecule has 3 rings (SSSR count). The molecule has 1 aromatic carbocycles. The van der Waals surface area contributed by atoms with E-state index in [1.165, 1.54) is 12.8 Å². The summed E-state index contributed by atoms with van der Waals surface area (Å²) in [4.78, 5) is 14.2. The number of fused-ring (bicyclic) bond motifs is 1. The van der Waals surface area contributed by atoms with Crippen molar-refractivity contribution in [1.82, 2.24) is 15.5 Å². The van der Waals surface area contributed by atoms with Gasteiger partial charge >= 0.3 is 6.03 Å². The van der Waals surface area contributed by atoms with Gasteiger partial charge < -0.3 is 25.0 Å². The molecule has 2 aliphatic heterocycles. The van der Waals surface area contributed by atoms with Gasteiger partial charge in [0.05, 0.1) is 0 Å². The Hall–Kier alpha value is -1.95. The second-order valence-electron chi connectivity index (χ2n) is 6.02. The summed E-state index contributed by atoms with van der Waals surface area (Å²) < 4.78 is 10.6. The van der Waals surface area contributed by atoms with Gasteiger partial charge in [0.1, 0.15) is 0 Å². The summed E-state index contributed by atoms with van der Waals surface area (Å²) in [5.74, 6) is 2.05. The minimum atomic E-state index is -0.120. The fourth-order valence-electron chi connectivity index (χ4n) is 2.97. The molecule has 1 saturated heterocycles. The molecule has 1 atom stereocenters. The molecule has 6 heteroatoms. The van der Waals surface area contributed by atoms with Gasteiger partial charge in [0.15, 0.2) is 11.5 Å². The Balaban J connectivity index is 1.40. The minimum Gasteiger partial charge on any atom is -0.454 e. The van der Waals surface area contributed by atoms with Crippen molar-refractivity contribution in [1.29, 1.82) is 0 Å². The molecule has 120 valence electrons. The number of piperidine rings is 1. The molecule has 0 bridgehead atoms. The van der Waals surface area contributed by atoms with Crippen molar-refractivity contribution in [2.45, 2.75) is 19.4 Å². The van der Waals surface area contributed by atoms with E-state index in [2.05, 4.69) is 22.6 Å². The fourth-order valence-corrected chi connectivity index (χ4v) is 2.97. The van der Waals surface area contributed by atoms with E-state index in [0.29, 0.717) is 12.5 Å². The van der Waals surface area contributed by atoms with E-state index in [1.54, 1.807) is 0 Å². The first-order valence-electron chi connectivity index (χ1n) is 7.79. The number of ether oxygens (including phenoxy) is 2. The summed E-state index contributed by atoms with van der Waals surface area (Å²) in [6, 6.07) is 5.59. The van der Waals surface area contributed by atoms with Gasteiger partial charge in [0.2, 0.25) is 6.79 Å². The number of nitrogens with zero attached hydrogens (tertiary/aromatic N) is 1. The van der Waals surface area contributed by atoms with Gasteiger partial charge in [-0.3, -0.25) is 0 Å². The van der Waals surface area contributed by atoms with Crippen molar-refractivity contribution in [3.8, 4) is 11.5 Å². The first kappa shape index (κ1) is 15.0. The summed E-state index contributed by atoms with van der Waals surface area (Å²) in [6.45, 7) is 3.70. The Bertz CT molecular complexity index is 535. The van der Waals surface area contributed by atoms with Crippen molar-refractivity contribution in [2.75, 3.05) is 33.5 Å². The third-order valence-electron chi connectivity index (χ3n) is 4.16. The molecular weight excluding hydrogens is 282 g/mol. The lowest BCUT2D eigenvalue weighted by molar-refractivity contribution is 0.174. The van der Waals surface area contributed by atoms with Crippen molar-refractivity contribution >= 4 is 6.03 Å². The standard InChI is InChI=1S/C16H23N3O3/c1-19-6-2-3-13(10-19)9-18-16(20)17-8-12-4-5-14-15(7-12)22-11-21-14/h4-5,7,13H,2-3,6,8-11H2,1H3,(H2,17,18,20). The van der Waals surface area contributed by atoms with E-state index in [0.717, 1.165) is 36.7 Å². The first-order valence-corrected chi connectivity index (χ1v) is 7.79. The van der Waals surface area contributed by atoms with Crippen molar-refractivity contribution in [2.24, 2.45) is 5.92 Å². The van der Waals surface area contributed by atoms with E-state index in [1.807, 2.05) is 18.2 Å². The third kappa shape index (κ3) is 3.82. The SMILES string of the molecule is CN1CCCC(CNC(=O)NCc2ccc3c(c2)OCO3)C1. The summed E-state index contributed by atoms with van der Waals surface area (Å²) in [5.41, 5.74) is 0.997. The van der Waals surface area contributed by atoms with E-state index in [4.69, 9.17) is 9.47 Å². The maximum absolute atomic E-state index is 11.9. The van der Waals surface area contributed by atoms with Crippen LogP contribution in [0.4, 0.5) is 4.79 Å². The van der Waals surface area contributed by atoms with Gasteiger partial charge in [-0.05, 0) is 50.0 Å². The number of likely N-dealkylation sites (tertiary alicyclic amines) is 1. The predicted molar refractivity (Wildman–Crippen MR) is 83.0 cm³/mol. The van der Waals surface area contributed by atoms with Gasteiger partial charge in [-0.1, -0.05) is 6.07 Å². The predicted octanol–water partition coefficient (Wildman–Crippen LogP) is 1.56. The average molecular weight is 305 g/mol. The molecular formula is C16H23N3O3. The molecule has 22 heavy (non-hydrogen) atoms. The molecule has 0 aliphatic carbocycles. The monoisotopic (exact) mass is 305 g/mol. The number of amides is 2. The van der Waals surface area contributed by atoms with Crippen LogP contribution >= 0.6 is 0 Å². The first-order chi connectivity index (χ1) is 10.7. The van der Waals surface area contributed by atoms with Crippen LogP contribution in [-0.4, -0.2) is 44.4 Å². The van der Waals surface area contributed by atoms with Crippen LogP contribution in [0.15, 0.2) is 18.2 Å². The topological polar surface area (TPSA) is 62.8 Å². The van der Waals surface area contributed by atoms with Gasteiger partial charge in [0.25, 0.3) is 0 Å². The summed E-state index contributed by atoms with van der Waals surface area (Å²) in [5, 5.41) is 5.84. The molecule has 2 aliphatic rings. The van der Waals surface area contributed by atoms with Crippen LogP contribution in [-0.2, 0) is 6.54 Å². The molecule has 0 aromatic heterocycles. The maximum Gasteiger partial charge on any atom is 0.315 e. The van der Waals surface area contributed by atoms with Gasteiger partial charge in [-0.2, -0.15) is 0 Å².